The summed E-state index contributed by atoms with van der Waals surface area (Å²) in [6, 6.07) is 0.714. The molecule has 0 aromatic carbocycles. The summed E-state index contributed by atoms with van der Waals surface area (Å²) in [5.41, 5.74) is 0. The summed E-state index contributed by atoms with van der Waals surface area (Å²) in [6.45, 7) is 13.5. The third-order valence-corrected chi connectivity index (χ3v) is 3.72. The number of rotatable bonds is 7. The zero-order valence-electron chi connectivity index (χ0n) is 12.6. The van der Waals surface area contributed by atoms with Gasteiger partial charge in [0.15, 0.2) is 0 Å². The molecule has 1 aliphatic heterocycles. The first-order valence-corrected chi connectivity index (χ1v) is 7.79. The number of hydrogen-bond donors (Lipinski definition) is 1. The highest BCUT2D eigenvalue weighted by Gasteiger charge is 2.17. The fourth-order valence-electron chi connectivity index (χ4n) is 2.59. The maximum absolute atomic E-state index is 5.56. The quantitative estimate of drug-likeness (QED) is 0.708. The first-order valence-electron chi connectivity index (χ1n) is 7.79. The van der Waals surface area contributed by atoms with Gasteiger partial charge in [0, 0.05) is 32.3 Å². The fraction of sp³-hybridized carbons (Fsp3) is 1.00. The average molecular weight is 256 g/mol. The first-order chi connectivity index (χ1) is 8.76. The molecule has 1 heterocycles. The Hall–Kier alpha value is -0.120. The van der Waals surface area contributed by atoms with E-state index in [0.717, 1.165) is 25.6 Å². The summed E-state index contributed by atoms with van der Waals surface area (Å²) < 4.78 is 5.56. The molecule has 2 unspecified atom stereocenters. The minimum absolute atomic E-state index is 0.714. The van der Waals surface area contributed by atoms with Crippen molar-refractivity contribution in [2.45, 2.75) is 52.5 Å². The van der Waals surface area contributed by atoms with Gasteiger partial charge in [-0.3, -0.25) is 0 Å². The largest absolute Gasteiger partial charge is 0.381 e. The second-order valence-electron chi connectivity index (χ2n) is 5.67. The van der Waals surface area contributed by atoms with Crippen LogP contribution in [0.3, 0.4) is 0 Å². The van der Waals surface area contributed by atoms with E-state index in [1.54, 1.807) is 0 Å². The standard InChI is InChI=1S/C15H32N2O/c1-4-10-18-11-6-8-17-9-7-15(5-2)16-12-14(3)13-17/h14-16H,4-13H2,1-3H3. The molecule has 0 aromatic rings. The van der Waals surface area contributed by atoms with Crippen molar-refractivity contribution in [1.29, 1.82) is 0 Å². The van der Waals surface area contributed by atoms with E-state index in [4.69, 9.17) is 4.74 Å². The lowest BCUT2D eigenvalue weighted by atomic mass is 10.0. The maximum Gasteiger partial charge on any atom is 0.0478 e. The van der Waals surface area contributed by atoms with Crippen LogP contribution in [0.1, 0.15) is 46.5 Å². The average Bonchev–Trinajstić information content (AvgIpc) is 2.35. The molecule has 2 atom stereocenters. The molecular weight excluding hydrogens is 224 g/mol. The molecule has 0 aliphatic carbocycles. The van der Waals surface area contributed by atoms with E-state index in [9.17, 15) is 0 Å². The minimum Gasteiger partial charge on any atom is -0.381 e. The molecule has 1 N–H and O–H groups in total. The van der Waals surface area contributed by atoms with Gasteiger partial charge in [0.25, 0.3) is 0 Å². The highest BCUT2D eigenvalue weighted by molar-refractivity contribution is 4.75. The van der Waals surface area contributed by atoms with Crippen LogP contribution in [0.2, 0.25) is 0 Å². The number of hydrogen-bond acceptors (Lipinski definition) is 3. The lowest BCUT2D eigenvalue weighted by molar-refractivity contribution is 0.114. The lowest BCUT2D eigenvalue weighted by Crippen LogP contribution is -2.43. The summed E-state index contributed by atoms with van der Waals surface area (Å²) >= 11 is 0. The van der Waals surface area contributed by atoms with E-state index in [0.29, 0.717) is 6.04 Å². The zero-order valence-corrected chi connectivity index (χ0v) is 12.6. The predicted molar refractivity (Wildman–Crippen MR) is 78.0 cm³/mol. The zero-order chi connectivity index (χ0) is 13.2. The summed E-state index contributed by atoms with van der Waals surface area (Å²) in [4.78, 5) is 2.63. The first kappa shape index (κ1) is 15.9. The minimum atomic E-state index is 0.714. The normalized spacial score (nSPS) is 26.8. The van der Waals surface area contributed by atoms with Crippen molar-refractivity contribution in [2.24, 2.45) is 5.92 Å². The molecule has 1 saturated heterocycles. The molecule has 0 bridgehead atoms. The smallest absolute Gasteiger partial charge is 0.0478 e. The molecule has 0 radical (unpaired) electrons. The molecule has 3 heteroatoms. The Morgan fingerprint density at radius 2 is 2.11 bits per heavy atom. The Morgan fingerprint density at radius 3 is 2.83 bits per heavy atom. The monoisotopic (exact) mass is 256 g/mol. The predicted octanol–water partition coefficient (Wildman–Crippen LogP) is 2.51. The van der Waals surface area contributed by atoms with Gasteiger partial charge in [0.1, 0.15) is 0 Å². The van der Waals surface area contributed by atoms with Crippen molar-refractivity contribution in [3.05, 3.63) is 0 Å². The van der Waals surface area contributed by atoms with E-state index >= 15 is 0 Å². The highest BCUT2D eigenvalue weighted by atomic mass is 16.5. The van der Waals surface area contributed by atoms with Crippen LogP contribution < -0.4 is 5.32 Å². The molecule has 3 nitrogen and oxygen atoms in total. The van der Waals surface area contributed by atoms with Gasteiger partial charge in [0.05, 0.1) is 0 Å². The lowest BCUT2D eigenvalue weighted by Gasteiger charge is -2.32. The van der Waals surface area contributed by atoms with Crippen LogP contribution >= 0.6 is 0 Å². The van der Waals surface area contributed by atoms with Crippen molar-refractivity contribution in [3.8, 4) is 0 Å². The van der Waals surface area contributed by atoms with Crippen LogP contribution in [-0.4, -0.2) is 50.3 Å². The van der Waals surface area contributed by atoms with Crippen LogP contribution in [0.4, 0.5) is 0 Å². The third-order valence-electron chi connectivity index (χ3n) is 3.72. The van der Waals surface area contributed by atoms with Gasteiger partial charge in [-0.1, -0.05) is 20.8 Å². The van der Waals surface area contributed by atoms with Crippen LogP contribution in [0, 0.1) is 5.92 Å². The van der Waals surface area contributed by atoms with Crippen molar-refractivity contribution in [1.82, 2.24) is 10.2 Å². The summed E-state index contributed by atoms with van der Waals surface area (Å²) in [5, 5.41) is 3.67. The summed E-state index contributed by atoms with van der Waals surface area (Å²) in [6.07, 6.45) is 4.85. The number of nitrogens with zero attached hydrogens (tertiary/aromatic N) is 1. The topological polar surface area (TPSA) is 24.5 Å². The van der Waals surface area contributed by atoms with Crippen molar-refractivity contribution in [2.75, 3.05) is 39.4 Å². The van der Waals surface area contributed by atoms with Crippen LogP contribution in [0.25, 0.3) is 0 Å². The van der Waals surface area contributed by atoms with Gasteiger partial charge in [-0.15, -0.1) is 0 Å². The molecule has 0 spiro atoms. The number of ether oxygens (including phenoxy) is 1. The molecule has 0 aromatic heterocycles. The Balaban J connectivity index is 2.20. The molecule has 1 rings (SSSR count). The van der Waals surface area contributed by atoms with Crippen molar-refractivity contribution < 1.29 is 4.74 Å². The summed E-state index contributed by atoms with van der Waals surface area (Å²) in [7, 11) is 0. The highest BCUT2D eigenvalue weighted by Crippen LogP contribution is 2.09. The molecule has 1 aliphatic rings. The molecule has 108 valence electrons. The Morgan fingerprint density at radius 1 is 1.28 bits per heavy atom. The van der Waals surface area contributed by atoms with Crippen molar-refractivity contribution >= 4 is 0 Å². The van der Waals surface area contributed by atoms with E-state index in [-0.39, 0.29) is 0 Å². The molecule has 0 saturated carbocycles. The van der Waals surface area contributed by atoms with E-state index in [1.807, 2.05) is 0 Å². The molecule has 1 fully saturated rings. The SMILES string of the molecule is CCCOCCCN1CCC(CC)NCC(C)C1. The molecular formula is C15H32N2O. The van der Waals surface area contributed by atoms with Crippen molar-refractivity contribution in [3.63, 3.8) is 0 Å². The Labute approximate surface area is 113 Å². The third kappa shape index (κ3) is 6.72. The van der Waals surface area contributed by atoms with Gasteiger partial charge < -0.3 is 15.0 Å². The molecule has 18 heavy (non-hydrogen) atoms. The van der Waals surface area contributed by atoms with Gasteiger partial charge in [0.2, 0.25) is 0 Å². The van der Waals surface area contributed by atoms with Crippen LogP contribution in [0.5, 0.6) is 0 Å². The van der Waals surface area contributed by atoms with Crippen LogP contribution in [-0.2, 0) is 4.74 Å². The maximum atomic E-state index is 5.56. The van der Waals surface area contributed by atoms with Gasteiger partial charge in [-0.2, -0.15) is 0 Å². The van der Waals surface area contributed by atoms with E-state index in [2.05, 4.69) is 31.0 Å². The van der Waals surface area contributed by atoms with E-state index in [1.165, 1.54) is 45.4 Å². The fourth-order valence-corrected chi connectivity index (χ4v) is 2.59. The summed E-state index contributed by atoms with van der Waals surface area (Å²) in [5.74, 6) is 0.760. The Kier molecular flexibility index (Phi) is 8.64. The van der Waals surface area contributed by atoms with Gasteiger partial charge in [-0.25, -0.2) is 0 Å². The van der Waals surface area contributed by atoms with Crippen LogP contribution in [0.15, 0.2) is 0 Å². The van der Waals surface area contributed by atoms with Gasteiger partial charge in [-0.05, 0) is 44.7 Å². The molecule has 0 amide bonds. The van der Waals surface area contributed by atoms with Gasteiger partial charge >= 0.3 is 0 Å². The number of nitrogens with one attached hydrogen (secondary N) is 1. The second kappa shape index (κ2) is 9.76. The Bertz CT molecular complexity index is 199. The van der Waals surface area contributed by atoms with E-state index < -0.39 is 0 Å². The second-order valence-corrected chi connectivity index (χ2v) is 5.67.